The fraction of sp³-hybridized carbons (Fsp3) is 0.344. The van der Waals surface area contributed by atoms with Gasteiger partial charge < -0.3 is 0 Å². The van der Waals surface area contributed by atoms with Crippen LogP contribution in [0.3, 0.4) is 0 Å². The van der Waals surface area contributed by atoms with Gasteiger partial charge >= 0.3 is 0 Å². The van der Waals surface area contributed by atoms with E-state index in [1.807, 2.05) is 13.0 Å². The summed E-state index contributed by atoms with van der Waals surface area (Å²) in [4.78, 5) is 0. The second kappa shape index (κ2) is 16.5. The second-order valence-electron chi connectivity index (χ2n) is 9.11. The quantitative estimate of drug-likeness (QED) is 0.349. The maximum atomic E-state index is 4.49. The molecule has 0 spiro atoms. The lowest BCUT2D eigenvalue weighted by Crippen LogP contribution is -2.05. The molecule has 0 aliphatic carbocycles. The number of hydrogen-bond acceptors (Lipinski definition) is 1. The van der Waals surface area contributed by atoms with Gasteiger partial charge in [0.15, 0.2) is 0 Å². The van der Waals surface area contributed by atoms with E-state index in [1.54, 1.807) is 0 Å². The van der Waals surface area contributed by atoms with E-state index >= 15 is 0 Å². The zero-order valence-electron chi connectivity index (χ0n) is 22.9. The molecule has 3 aromatic rings. The first-order valence-electron chi connectivity index (χ1n) is 11.9. The summed E-state index contributed by atoms with van der Waals surface area (Å²) >= 11 is 0. The summed E-state index contributed by atoms with van der Waals surface area (Å²) in [5.41, 5.74) is 10.2. The van der Waals surface area contributed by atoms with Crippen molar-refractivity contribution in [3.8, 4) is 0 Å². The van der Waals surface area contributed by atoms with Gasteiger partial charge in [0.1, 0.15) is 0 Å². The van der Waals surface area contributed by atoms with E-state index < -0.39 is 0 Å². The molecule has 0 bridgehead atoms. The predicted octanol–water partition coefficient (Wildman–Crippen LogP) is 8.91. The zero-order chi connectivity index (χ0) is 26.3. The van der Waals surface area contributed by atoms with Crippen LogP contribution in [0, 0.1) is 40.5 Å². The highest BCUT2D eigenvalue weighted by molar-refractivity contribution is 5.31. The average Bonchev–Trinajstić information content (AvgIpc) is 3.11. The van der Waals surface area contributed by atoms with E-state index in [-0.39, 0.29) is 0 Å². The lowest BCUT2D eigenvalue weighted by atomic mass is 10.1. The molecule has 0 aliphatic rings. The van der Waals surface area contributed by atoms with Crippen LogP contribution in [-0.2, 0) is 13.0 Å². The van der Waals surface area contributed by atoms with Crippen LogP contribution in [-0.4, -0.2) is 9.78 Å². The van der Waals surface area contributed by atoms with Crippen molar-refractivity contribution in [3.05, 3.63) is 126 Å². The number of allylic oxidation sites excluding steroid dienone is 2. The Balaban J connectivity index is 0.000000525. The summed E-state index contributed by atoms with van der Waals surface area (Å²) < 4.78 is 2.07. The molecule has 0 saturated heterocycles. The number of aromatic nitrogens is 2. The van der Waals surface area contributed by atoms with Crippen molar-refractivity contribution < 1.29 is 0 Å². The Morgan fingerprint density at radius 2 is 1.44 bits per heavy atom. The molecule has 0 saturated carbocycles. The van der Waals surface area contributed by atoms with Crippen LogP contribution in [0.25, 0.3) is 0 Å². The maximum absolute atomic E-state index is 4.49. The predicted molar refractivity (Wildman–Crippen MR) is 153 cm³/mol. The van der Waals surface area contributed by atoms with Crippen molar-refractivity contribution >= 4 is 0 Å². The molecule has 0 N–H and O–H groups in total. The molecule has 0 amide bonds. The van der Waals surface area contributed by atoms with Crippen LogP contribution < -0.4 is 0 Å². The van der Waals surface area contributed by atoms with Gasteiger partial charge in [0.05, 0.1) is 12.2 Å². The molecule has 3 rings (SSSR count). The van der Waals surface area contributed by atoms with Crippen LogP contribution >= 0.6 is 0 Å². The summed E-state index contributed by atoms with van der Waals surface area (Å²) in [6.07, 6.45) is 2.92. The summed E-state index contributed by atoms with van der Waals surface area (Å²) in [7, 11) is 0. The van der Waals surface area contributed by atoms with Crippen LogP contribution in [0.1, 0.15) is 60.0 Å². The number of nitrogens with zero attached hydrogens (tertiary/aromatic N) is 2. The Morgan fingerprint density at radius 1 is 0.912 bits per heavy atom. The summed E-state index contributed by atoms with van der Waals surface area (Å²) in [6, 6.07) is 17.3. The Kier molecular flexibility index (Phi) is 15.0. The van der Waals surface area contributed by atoms with Crippen LogP contribution in [0.15, 0.2) is 86.5 Å². The molecule has 34 heavy (non-hydrogen) atoms. The van der Waals surface area contributed by atoms with Gasteiger partial charge in [0.2, 0.25) is 0 Å². The Bertz CT molecular complexity index is 1000. The third-order valence-electron chi connectivity index (χ3n) is 5.03. The summed E-state index contributed by atoms with van der Waals surface area (Å²) in [5, 5.41) is 4.49. The van der Waals surface area contributed by atoms with Gasteiger partial charge in [-0.2, -0.15) is 5.10 Å². The summed E-state index contributed by atoms with van der Waals surface area (Å²) in [5.74, 6) is 0.648. The van der Waals surface area contributed by atoms with E-state index in [2.05, 4.69) is 133 Å². The van der Waals surface area contributed by atoms with Gasteiger partial charge in [0, 0.05) is 5.69 Å². The minimum absolute atomic E-state index is 0.648. The normalized spacial score (nSPS) is 9.56. The number of hydrogen-bond donors (Lipinski definition) is 0. The van der Waals surface area contributed by atoms with Crippen molar-refractivity contribution in [3.63, 3.8) is 0 Å². The largest absolute Gasteiger partial charge is 0.265 e. The van der Waals surface area contributed by atoms with E-state index in [1.165, 1.54) is 39.1 Å². The van der Waals surface area contributed by atoms with E-state index in [0.29, 0.717) is 5.92 Å². The standard InChI is InChI=1S/C14H18N2.C11H14.C5H10.C2H4/c1-10-5-6-11(2)14(7-10)9-16-13(4)8-12(3)15-16;1-9(2)8-11-6-4-10(3)5-7-11;1-4-5(2)3;1-2/h5-8H,9H2,1-4H3;4-7H,1,8H2,2-3H3;4-5H,1H2,2-3H3;1-2H2. The SMILES string of the molecule is C=C.C=C(C)Cc1ccc(C)cc1.C=CC(C)C.Cc1ccc(C)c(Cn2nc(C)cc2C)c1. The molecular weight excluding hydrogens is 412 g/mol. The highest BCUT2D eigenvalue weighted by Crippen LogP contribution is 2.13. The minimum Gasteiger partial charge on any atom is -0.265 e. The molecule has 0 radical (unpaired) electrons. The highest BCUT2D eigenvalue weighted by Gasteiger charge is 2.04. The fourth-order valence-corrected chi connectivity index (χ4v) is 3.02. The molecule has 184 valence electrons. The molecule has 1 aromatic heterocycles. The number of benzene rings is 2. The lowest BCUT2D eigenvalue weighted by Gasteiger charge is -2.08. The lowest BCUT2D eigenvalue weighted by molar-refractivity contribution is 0.656. The minimum atomic E-state index is 0.648. The van der Waals surface area contributed by atoms with E-state index in [4.69, 9.17) is 0 Å². The van der Waals surface area contributed by atoms with Crippen molar-refractivity contribution in [1.29, 1.82) is 0 Å². The van der Waals surface area contributed by atoms with Gasteiger partial charge in [-0.15, -0.1) is 19.7 Å². The third kappa shape index (κ3) is 12.8. The highest BCUT2D eigenvalue weighted by atomic mass is 15.3. The zero-order valence-corrected chi connectivity index (χ0v) is 22.9. The average molecular weight is 459 g/mol. The molecule has 2 heteroatoms. The monoisotopic (exact) mass is 458 g/mol. The molecule has 0 atom stereocenters. The third-order valence-corrected chi connectivity index (χ3v) is 5.03. The van der Waals surface area contributed by atoms with Gasteiger partial charge in [-0.3, -0.25) is 4.68 Å². The molecule has 1 heterocycles. The van der Waals surface area contributed by atoms with Crippen LogP contribution in [0.4, 0.5) is 0 Å². The van der Waals surface area contributed by atoms with E-state index in [9.17, 15) is 0 Å². The van der Waals surface area contributed by atoms with Crippen molar-refractivity contribution in [2.75, 3.05) is 0 Å². The Morgan fingerprint density at radius 3 is 1.88 bits per heavy atom. The Hall–Kier alpha value is -3.13. The van der Waals surface area contributed by atoms with Gasteiger partial charge in [-0.05, 0) is 76.6 Å². The van der Waals surface area contributed by atoms with Crippen LogP contribution in [0.5, 0.6) is 0 Å². The molecular formula is C32H46N2. The molecule has 0 unspecified atom stereocenters. The first kappa shape index (κ1) is 30.9. The van der Waals surface area contributed by atoms with Crippen molar-refractivity contribution in [2.24, 2.45) is 5.92 Å². The van der Waals surface area contributed by atoms with E-state index in [0.717, 1.165) is 18.7 Å². The number of aryl methyl sites for hydroxylation is 5. The van der Waals surface area contributed by atoms with Crippen molar-refractivity contribution in [2.45, 2.75) is 68.4 Å². The van der Waals surface area contributed by atoms with Gasteiger partial charge in [-0.25, -0.2) is 0 Å². The smallest absolute Gasteiger partial charge is 0.0665 e. The molecule has 0 aliphatic heterocycles. The Labute approximate surface area is 209 Å². The maximum Gasteiger partial charge on any atom is 0.0665 e. The second-order valence-corrected chi connectivity index (χ2v) is 9.11. The first-order chi connectivity index (χ1) is 16.0. The first-order valence-corrected chi connectivity index (χ1v) is 11.9. The molecule has 2 nitrogen and oxygen atoms in total. The van der Waals surface area contributed by atoms with Crippen molar-refractivity contribution in [1.82, 2.24) is 9.78 Å². The summed E-state index contributed by atoms with van der Waals surface area (Å²) in [6.45, 7) is 31.1. The van der Waals surface area contributed by atoms with Gasteiger partial charge in [-0.1, -0.05) is 85.7 Å². The number of rotatable bonds is 5. The van der Waals surface area contributed by atoms with Gasteiger partial charge in [0.25, 0.3) is 0 Å². The fourth-order valence-electron chi connectivity index (χ4n) is 3.02. The molecule has 2 aromatic carbocycles. The molecule has 0 fully saturated rings. The van der Waals surface area contributed by atoms with Crippen LogP contribution in [0.2, 0.25) is 0 Å². The topological polar surface area (TPSA) is 17.8 Å².